The quantitative estimate of drug-likeness (QED) is 0.421. The maximum atomic E-state index is 14.0. The molecule has 1 fully saturated rings. The van der Waals surface area contributed by atoms with Gasteiger partial charge in [0.15, 0.2) is 6.10 Å². The number of nitro groups is 1. The van der Waals surface area contributed by atoms with Crippen molar-refractivity contribution in [3.63, 3.8) is 0 Å². The summed E-state index contributed by atoms with van der Waals surface area (Å²) in [6, 6.07) is 7.82. The summed E-state index contributed by atoms with van der Waals surface area (Å²) in [5.74, 6) is -2.00. The van der Waals surface area contributed by atoms with Crippen molar-refractivity contribution < 1.29 is 32.0 Å². The van der Waals surface area contributed by atoms with Crippen LogP contribution in [0.5, 0.6) is 0 Å². The smallest absolute Gasteiger partial charge is 0.335 e. The fourth-order valence-electron chi connectivity index (χ4n) is 2.91. The molecule has 1 saturated heterocycles. The van der Waals surface area contributed by atoms with Crippen LogP contribution in [0, 0.1) is 27.3 Å². The molecule has 0 bridgehead atoms. The molecule has 0 aromatic heterocycles. The molecule has 0 saturated carbocycles. The fraction of sp³-hybridized carbons (Fsp3) is 0.222. The zero-order chi connectivity index (χ0) is 22.9. The minimum atomic E-state index is -4.91. The Kier molecular flexibility index (Phi) is 6.01. The van der Waals surface area contributed by atoms with Gasteiger partial charge < -0.3 is 15.0 Å². The number of rotatable bonds is 4. The van der Waals surface area contributed by atoms with Gasteiger partial charge in [-0.25, -0.2) is 4.39 Å². The van der Waals surface area contributed by atoms with Crippen LogP contribution in [0.15, 0.2) is 36.4 Å². The number of nitrogens with one attached hydrogen (secondary N) is 1. The Morgan fingerprint density at radius 3 is 2.58 bits per heavy atom. The number of benzene rings is 2. The molecule has 0 radical (unpaired) electrons. The average molecular weight is 459 g/mol. The van der Waals surface area contributed by atoms with E-state index in [4.69, 9.17) is 21.6 Å². The van der Waals surface area contributed by atoms with E-state index in [1.54, 1.807) is 6.07 Å². The molecule has 31 heavy (non-hydrogen) atoms. The van der Waals surface area contributed by atoms with Crippen molar-refractivity contribution >= 4 is 34.6 Å². The highest BCUT2D eigenvalue weighted by Gasteiger charge is 2.52. The highest BCUT2D eigenvalue weighted by Crippen LogP contribution is 2.38. The van der Waals surface area contributed by atoms with Gasteiger partial charge in [0.05, 0.1) is 28.8 Å². The predicted octanol–water partition coefficient (Wildman–Crippen LogP) is 3.99. The van der Waals surface area contributed by atoms with E-state index in [1.807, 2.05) is 0 Å². The molecule has 0 spiro atoms. The van der Waals surface area contributed by atoms with Crippen LogP contribution in [0.3, 0.4) is 0 Å². The monoisotopic (exact) mass is 458 g/mol. The number of carbonyl (C=O) groups excluding carboxylic acids is 1. The summed E-state index contributed by atoms with van der Waals surface area (Å²) in [5, 5.41) is 21.3. The third kappa shape index (κ3) is 4.68. The van der Waals surface area contributed by atoms with Crippen LogP contribution in [0.4, 0.5) is 34.6 Å². The van der Waals surface area contributed by atoms with Crippen molar-refractivity contribution in [1.29, 1.82) is 5.26 Å². The lowest BCUT2D eigenvalue weighted by atomic mass is 10.2. The minimum Gasteiger partial charge on any atom is -0.335 e. The van der Waals surface area contributed by atoms with Crippen molar-refractivity contribution in [3.8, 4) is 6.07 Å². The Morgan fingerprint density at radius 1 is 1.32 bits per heavy atom. The molecule has 0 aliphatic carbocycles. The second-order valence-corrected chi connectivity index (χ2v) is 6.77. The second kappa shape index (κ2) is 8.37. The van der Waals surface area contributed by atoms with Gasteiger partial charge in [-0.2, -0.15) is 18.4 Å². The van der Waals surface area contributed by atoms with E-state index in [2.05, 4.69) is 5.32 Å². The number of nitro benzene ring substituents is 1. The van der Waals surface area contributed by atoms with E-state index in [1.165, 1.54) is 6.07 Å². The first-order chi connectivity index (χ1) is 14.5. The fourth-order valence-corrected chi connectivity index (χ4v) is 3.15. The van der Waals surface area contributed by atoms with Crippen LogP contribution in [0.25, 0.3) is 0 Å². The lowest BCUT2D eigenvalue weighted by Crippen LogP contribution is -2.42. The highest BCUT2D eigenvalue weighted by molar-refractivity contribution is 6.32. The van der Waals surface area contributed by atoms with E-state index >= 15 is 0 Å². The molecule has 1 N–H and O–H groups in total. The Balaban J connectivity index is 1.84. The molecule has 2 unspecified atom stereocenters. The first-order valence-electron chi connectivity index (χ1n) is 8.44. The van der Waals surface area contributed by atoms with Crippen molar-refractivity contribution in [2.24, 2.45) is 0 Å². The number of hydrogen-bond acceptors (Lipinski definition) is 6. The summed E-state index contributed by atoms with van der Waals surface area (Å²) in [6.07, 6.45) is -9.09. The van der Waals surface area contributed by atoms with Crippen molar-refractivity contribution in [3.05, 3.63) is 62.9 Å². The summed E-state index contributed by atoms with van der Waals surface area (Å²) in [6.45, 7) is -0.581. The van der Waals surface area contributed by atoms with Gasteiger partial charge in [0, 0.05) is 11.8 Å². The molecule has 8 nitrogen and oxygen atoms in total. The largest absolute Gasteiger partial charge is 0.433 e. The third-order valence-electron chi connectivity index (χ3n) is 4.33. The number of nitrogens with zero attached hydrogens (tertiary/aromatic N) is 3. The number of hydrogen-bond donors (Lipinski definition) is 1. The molecule has 2 aromatic rings. The second-order valence-electron chi connectivity index (χ2n) is 6.36. The Bertz CT molecular complexity index is 1090. The molecule has 2 atom stereocenters. The first kappa shape index (κ1) is 22.3. The Labute approximate surface area is 176 Å². The van der Waals surface area contributed by atoms with Crippen LogP contribution in [0.2, 0.25) is 5.02 Å². The highest BCUT2D eigenvalue weighted by atomic mass is 35.5. The van der Waals surface area contributed by atoms with Crippen LogP contribution >= 0.6 is 11.6 Å². The van der Waals surface area contributed by atoms with Gasteiger partial charge in [-0.1, -0.05) is 11.6 Å². The van der Waals surface area contributed by atoms with E-state index in [0.717, 1.165) is 30.3 Å². The minimum absolute atomic E-state index is 0.00836. The standard InChI is InChI=1S/C18H11ClF4N4O4/c19-11-6-10(2-4-14(11)27(29)30)26-8-15(31-17(26)18(21,22)23)16(28)25-13-3-1-9(7-24)5-12(13)20/h1-6,15,17H,8H2,(H,25,28). The number of alkyl halides is 3. The number of amides is 1. The Hall–Kier alpha value is -3.43. The van der Waals surface area contributed by atoms with Gasteiger partial charge in [0.25, 0.3) is 11.6 Å². The SMILES string of the molecule is N#Cc1ccc(NC(=O)C2CN(c3ccc([N+](=O)[O-])c(Cl)c3)C(C(F)(F)F)O2)c(F)c1. The maximum absolute atomic E-state index is 14.0. The van der Waals surface area contributed by atoms with E-state index < -0.39 is 52.4 Å². The third-order valence-corrected chi connectivity index (χ3v) is 4.63. The number of carbonyl (C=O) groups is 1. The van der Waals surface area contributed by atoms with Crippen molar-refractivity contribution in [1.82, 2.24) is 0 Å². The number of anilines is 2. The van der Waals surface area contributed by atoms with Crippen molar-refractivity contribution in [2.75, 3.05) is 16.8 Å². The number of halogens is 5. The van der Waals surface area contributed by atoms with Crippen molar-refractivity contribution in [2.45, 2.75) is 18.5 Å². The van der Waals surface area contributed by atoms with E-state index in [-0.39, 0.29) is 16.9 Å². The topological polar surface area (TPSA) is 109 Å². The van der Waals surface area contributed by atoms with Gasteiger partial charge in [0.2, 0.25) is 6.23 Å². The molecule has 162 valence electrons. The van der Waals surface area contributed by atoms with Crippen LogP contribution in [0.1, 0.15) is 5.56 Å². The average Bonchev–Trinajstić information content (AvgIpc) is 3.15. The Morgan fingerprint density at radius 2 is 2.03 bits per heavy atom. The van der Waals surface area contributed by atoms with Gasteiger partial charge in [0.1, 0.15) is 10.8 Å². The zero-order valence-electron chi connectivity index (χ0n) is 15.2. The summed E-state index contributed by atoms with van der Waals surface area (Å²) in [7, 11) is 0. The van der Waals surface area contributed by atoms with Gasteiger partial charge in [-0.3, -0.25) is 14.9 Å². The number of ether oxygens (including phenoxy) is 1. The molecule has 1 aliphatic heterocycles. The summed E-state index contributed by atoms with van der Waals surface area (Å²) < 4.78 is 59.3. The molecular weight excluding hydrogens is 448 g/mol. The molecule has 2 aromatic carbocycles. The van der Waals surface area contributed by atoms with Crippen LogP contribution < -0.4 is 10.2 Å². The predicted molar refractivity (Wildman–Crippen MR) is 99.9 cm³/mol. The first-order valence-corrected chi connectivity index (χ1v) is 8.82. The molecule has 1 heterocycles. The van der Waals surface area contributed by atoms with Gasteiger partial charge in [-0.15, -0.1) is 0 Å². The molecular formula is C18H11ClF4N4O4. The molecule has 1 aliphatic rings. The molecule has 13 heteroatoms. The summed E-state index contributed by atoms with van der Waals surface area (Å²) in [5.41, 5.74) is -1.00. The van der Waals surface area contributed by atoms with Gasteiger partial charge >= 0.3 is 6.18 Å². The summed E-state index contributed by atoms with van der Waals surface area (Å²) >= 11 is 5.78. The summed E-state index contributed by atoms with van der Waals surface area (Å²) in [4.78, 5) is 23.1. The zero-order valence-corrected chi connectivity index (χ0v) is 15.9. The van der Waals surface area contributed by atoms with Crippen LogP contribution in [-0.4, -0.2) is 35.9 Å². The number of nitriles is 1. The van der Waals surface area contributed by atoms with E-state index in [9.17, 15) is 32.5 Å². The lowest BCUT2D eigenvalue weighted by Gasteiger charge is -2.26. The van der Waals surface area contributed by atoms with Gasteiger partial charge in [-0.05, 0) is 30.3 Å². The lowest BCUT2D eigenvalue weighted by molar-refractivity contribution is -0.384. The normalized spacial score (nSPS) is 18.5. The molecule has 3 rings (SSSR count). The van der Waals surface area contributed by atoms with E-state index in [0.29, 0.717) is 4.90 Å². The van der Waals surface area contributed by atoms with Crippen LogP contribution in [-0.2, 0) is 9.53 Å². The maximum Gasteiger partial charge on any atom is 0.433 e. The molecule has 1 amide bonds.